The molecule has 0 aliphatic heterocycles. The number of aromatic amines is 1. The number of aryl methyl sites for hydroxylation is 2. The van der Waals surface area contributed by atoms with Crippen LogP contribution < -0.4 is 0 Å². The summed E-state index contributed by atoms with van der Waals surface area (Å²) in [5.74, 6) is 0.824. The molecule has 3 rings (SSSR count). The summed E-state index contributed by atoms with van der Waals surface area (Å²) in [4.78, 5) is 11.9. The molecule has 2 aromatic heterocycles. The standard InChI is InChI=1S/C15H13N3S/c1-9-3-4-11-7-12(5-6-13(11)16-9)14-8-15(19)18-10(2)17-14/h3-8H,1-2H3,(H,17,18,19). The lowest BCUT2D eigenvalue weighted by Gasteiger charge is -2.05. The SMILES string of the molecule is Cc1ccc2cc(-c3cc(=S)nc(C)[nH]3)ccc2n1. The second-order valence-corrected chi connectivity index (χ2v) is 5.00. The van der Waals surface area contributed by atoms with Gasteiger partial charge in [-0.25, -0.2) is 4.98 Å². The fraction of sp³-hybridized carbons (Fsp3) is 0.133. The number of rotatable bonds is 1. The van der Waals surface area contributed by atoms with E-state index in [1.54, 1.807) is 0 Å². The van der Waals surface area contributed by atoms with E-state index in [0.29, 0.717) is 4.64 Å². The predicted octanol–water partition coefficient (Wildman–Crippen LogP) is 3.97. The van der Waals surface area contributed by atoms with Crippen LogP contribution in [-0.4, -0.2) is 15.0 Å². The Morgan fingerprint density at radius 1 is 1.00 bits per heavy atom. The van der Waals surface area contributed by atoms with Crippen molar-refractivity contribution < 1.29 is 0 Å². The van der Waals surface area contributed by atoms with E-state index in [-0.39, 0.29) is 0 Å². The van der Waals surface area contributed by atoms with Crippen LogP contribution in [0.15, 0.2) is 36.4 Å². The molecular formula is C15H13N3S. The largest absolute Gasteiger partial charge is 0.343 e. The van der Waals surface area contributed by atoms with Crippen molar-refractivity contribution in [3.63, 3.8) is 0 Å². The molecule has 2 heterocycles. The first-order valence-electron chi connectivity index (χ1n) is 6.07. The number of aromatic nitrogens is 3. The Hall–Kier alpha value is -2.07. The van der Waals surface area contributed by atoms with E-state index in [0.717, 1.165) is 33.7 Å². The molecule has 0 saturated heterocycles. The molecule has 1 N–H and O–H groups in total. The quantitative estimate of drug-likeness (QED) is 0.678. The molecule has 0 aliphatic carbocycles. The van der Waals surface area contributed by atoms with Gasteiger partial charge in [0.1, 0.15) is 10.5 Å². The van der Waals surface area contributed by atoms with E-state index in [1.807, 2.05) is 32.0 Å². The van der Waals surface area contributed by atoms with Crippen LogP contribution in [0.4, 0.5) is 0 Å². The lowest BCUT2D eigenvalue weighted by molar-refractivity contribution is 1.05. The van der Waals surface area contributed by atoms with Crippen LogP contribution in [0.3, 0.4) is 0 Å². The van der Waals surface area contributed by atoms with Crippen molar-refractivity contribution in [3.05, 3.63) is 52.6 Å². The lowest BCUT2D eigenvalue weighted by Crippen LogP contribution is -1.92. The molecule has 3 nitrogen and oxygen atoms in total. The number of fused-ring (bicyclic) bond motifs is 1. The van der Waals surface area contributed by atoms with Gasteiger partial charge in [0.25, 0.3) is 0 Å². The number of pyridine rings is 1. The zero-order valence-electron chi connectivity index (χ0n) is 10.8. The minimum Gasteiger partial charge on any atom is -0.343 e. The van der Waals surface area contributed by atoms with Gasteiger partial charge in [-0.3, -0.25) is 4.98 Å². The molecule has 0 spiro atoms. The van der Waals surface area contributed by atoms with Gasteiger partial charge in [0, 0.05) is 16.8 Å². The molecule has 1 aromatic carbocycles. The molecule has 0 fully saturated rings. The monoisotopic (exact) mass is 267 g/mol. The molecule has 0 unspecified atom stereocenters. The average Bonchev–Trinajstić information content (AvgIpc) is 2.37. The van der Waals surface area contributed by atoms with Crippen LogP contribution in [0, 0.1) is 18.5 Å². The number of hydrogen-bond donors (Lipinski definition) is 1. The molecule has 0 atom stereocenters. The van der Waals surface area contributed by atoms with Gasteiger partial charge in [-0.2, -0.15) is 0 Å². The molecule has 0 bridgehead atoms. The van der Waals surface area contributed by atoms with Crippen LogP contribution >= 0.6 is 12.2 Å². The van der Waals surface area contributed by atoms with Crippen molar-refractivity contribution in [2.24, 2.45) is 0 Å². The second kappa shape index (κ2) is 4.55. The van der Waals surface area contributed by atoms with E-state index >= 15 is 0 Å². The number of nitrogens with one attached hydrogen (secondary N) is 1. The predicted molar refractivity (Wildman–Crippen MR) is 79.6 cm³/mol. The third-order valence-electron chi connectivity index (χ3n) is 3.00. The minimum atomic E-state index is 0.605. The summed E-state index contributed by atoms with van der Waals surface area (Å²) in [6.07, 6.45) is 0. The van der Waals surface area contributed by atoms with E-state index in [2.05, 4.69) is 33.2 Å². The lowest BCUT2D eigenvalue weighted by atomic mass is 10.1. The van der Waals surface area contributed by atoms with Crippen LogP contribution in [0.2, 0.25) is 0 Å². The first kappa shape index (κ1) is 12.0. The molecule has 0 aliphatic rings. The van der Waals surface area contributed by atoms with E-state index in [9.17, 15) is 0 Å². The van der Waals surface area contributed by atoms with Crippen LogP contribution in [0.25, 0.3) is 22.2 Å². The van der Waals surface area contributed by atoms with Gasteiger partial charge in [-0.15, -0.1) is 0 Å². The highest BCUT2D eigenvalue weighted by Gasteiger charge is 2.02. The summed E-state index contributed by atoms with van der Waals surface area (Å²) in [7, 11) is 0. The van der Waals surface area contributed by atoms with E-state index in [4.69, 9.17) is 12.2 Å². The van der Waals surface area contributed by atoms with E-state index in [1.165, 1.54) is 0 Å². The third kappa shape index (κ3) is 2.39. The fourth-order valence-electron chi connectivity index (χ4n) is 2.13. The van der Waals surface area contributed by atoms with E-state index < -0.39 is 0 Å². The number of nitrogens with zero attached hydrogens (tertiary/aromatic N) is 2. The summed E-state index contributed by atoms with van der Waals surface area (Å²) < 4.78 is 0.605. The highest BCUT2D eigenvalue weighted by atomic mass is 32.1. The molecule has 3 aromatic rings. The maximum absolute atomic E-state index is 5.16. The van der Waals surface area contributed by atoms with Crippen LogP contribution in [-0.2, 0) is 0 Å². The topological polar surface area (TPSA) is 41.6 Å². The van der Waals surface area contributed by atoms with Crippen molar-refractivity contribution in [1.29, 1.82) is 0 Å². The number of H-pyrrole nitrogens is 1. The first-order chi connectivity index (χ1) is 9.11. The van der Waals surface area contributed by atoms with Gasteiger partial charge < -0.3 is 4.98 Å². The van der Waals surface area contributed by atoms with Crippen LogP contribution in [0.5, 0.6) is 0 Å². The molecule has 0 amide bonds. The maximum atomic E-state index is 5.16. The highest BCUT2D eigenvalue weighted by molar-refractivity contribution is 7.71. The second-order valence-electron chi connectivity index (χ2n) is 4.58. The molecular weight excluding hydrogens is 254 g/mol. The average molecular weight is 267 g/mol. The highest BCUT2D eigenvalue weighted by Crippen LogP contribution is 2.22. The Morgan fingerprint density at radius 2 is 1.84 bits per heavy atom. The normalized spacial score (nSPS) is 10.8. The van der Waals surface area contributed by atoms with Crippen molar-refractivity contribution in [2.45, 2.75) is 13.8 Å². The zero-order chi connectivity index (χ0) is 13.4. The Bertz CT molecular complexity index is 821. The molecule has 0 saturated carbocycles. The van der Waals surface area contributed by atoms with Gasteiger partial charge in [0.15, 0.2) is 0 Å². The van der Waals surface area contributed by atoms with Crippen LogP contribution in [0.1, 0.15) is 11.5 Å². The first-order valence-corrected chi connectivity index (χ1v) is 6.48. The Balaban J connectivity index is 2.20. The van der Waals surface area contributed by atoms with Gasteiger partial charge in [-0.1, -0.05) is 24.4 Å². The molecule has 19 heavy (non-hydrogen) atoms. The van der Waals surface area contributed by atoms with Gasteiger partial charge in [0.2, 0.25) is 0 Å². The fourth-order valence-corrected chi connectivity index (χ4v) is 2.39. The smallest absolute Gasteiger partial charge is 0.130 e. The summed E-state index contributed by atoms with van der Waals surface area (Å²) >= 11 is 5.16. The Kier molecular flexibility index (Phi) is 2.87. The Morgan fingerprint density at radius 3 is 2.63 bits per heavy atom. The van der Waals surface area contributed by atoms with Crippen molar-refractivity contribution in [2.75, 3.05) is 0 Å². The summed E-state index contributed by atoms with van der Waals surface area (Å²) in [6, 6.07) is 12.2. The van der Waals surface area contributed by atoms with Crippen molar-refractivity contribution >= 4 is 23.1 Å². The van der Waals surface area contributed by atoms with Crippen molar-refractivity contribution in [3.8, 4) is 11.3 Å². The minimum absolute atomic E-state index is 0.605. The zero-order valence-corrected chi connectivity index (χ0v) is 11.6. The number of benzene rings is 1. The summed E-state index contributed by atoms with van der Waals surface area (Å²) in [5.41, 5.74) is 4.11. The Labute approximate surface area is 116 Å². The van der Waals surface area contributed by atoms with Gasteiger partial charge in [0.05, 0.1) is 5.52 Å². The molecule has 0 radical (unpaired) electrons. The van der Waals surface area contributed by atoms with Crippen molar-refractivity contribution in [1.82, 2.24) is 15.0 Å². The molecule has 4 heteroatoms. The molecule has 94 valence electrons. The third-order valence-corrected chi connectivity index (χ3v) is 3.21. The summed E-state index contributed by atoms with van der Waals surface area (Å²) in [6.45, 7) is 3.90. The maximum Gasteiger partial charge on any atom is 0.130 e. The number of hydrogen-bond acceptors (Lipinski definition) is 3. The summed E-state index contributed by atoms with van der Waals surface area (Å²) in [5, 5.41) is 1.12. The van der Waals surface area contributed by atoms with Gasteiger partial charge in [-0.05, 0) is 43.7 Å². The van der Waals surface area contributed by atoms with Gasteiger partial charge >= 0.3 is 0 Å².